The van der Waals surface area contributed by atoms with Gasteiger partial charge in [-0.05, 0) is 334 Å². The van der Waals surface area contributed by atoms with Crippen molar-refractivity contribution in [1.82, 2.24) is 24.9 Å². The number of rotatable bonds is 15. The lowest BCUT2D eigenvalue weighted by Crippen LogP contribution is -2.30. The third-order valence-corrected chi connectivity index (χ3v) is 30.5. The molecule has 0 bridgehead atoms. The fourth-order valence-corrected chi connectivity index (χ4v) is 22.0. The zero-order valence-corrected chi connectivity index (χ0v) is 92.8. The second-order valence-electron chi connectivity index (χ2n) is 44.4. The van der Waals surface area contributed by atoms with E-state index in [2.05, 4.69) is 495 Å². The molecule has 20 aromatic rings. The van der Waals surface area contributed by atoms with Crippen LogP contribution < -0.4 is 22.8 Å². The van der Waals surface area contributed by atoms with E-state index >= 15 is 0 Å². The highest BCUT2D eigenvalue weighted by Crippen LogP contribution is 2.42. The molecule has 0 radical (unpaired) electrons. The number of aryl methyl sites for hydroxylation is 16. The minimum absolute atomic E-state index is 0.260. The van der Waals surface area contributed by atoms with Crippen molar-refractivity contribution in [2.24, 2.45) is 46.6 Å². The zero-order valence-electron chi connectivity index (χ0n) is 92.8. The molecule has 0 atom stereocenters. The first kappa shape index (κ1) is 104. The normalized spacial score (nSPS) is 12.1. The Balaban J connectivity index is 0.000000126. The first-order chi connectivity index (χ1) is 70.7. The van der Waals surface area contributed by atoms with Crippen LogP contribution in [0.3, 0.4) is 0 Å². The fraction of sp³-hybridized carbons (Fsp3) is 0.275. The van der Waals surface area contributed by atoms with Crippen LogP contribution >= 0.6 is 0 Å². The van der Waals surface area contributed by atoms with E-state index in [0.717, 1.165) is 52.4 Å². The van der Waals surface area contributed by atoms with Crippen LogP contribution in [0.15, 0.2) is 305 Å². The summed E-state index contributed by atoms with van der Waals surface area (Å²) in [6, 6.07) is 88.9. The summed E-state index contributed by atoms with van der Waals surface area (Å²) in [6.45, 7) is 50.6. The van der Waals surface area contributed by atoms with E-state index in [4.69, 9.17) is 19.9 Å². The van der Waals surface area contributed by atoms with E-state index in [0.29, 0.717) is 17.8 Å². The van der Waals surface area contributed by atoms with Crippen LogP contribution in [0.5, 0.6) is 0 Å². The molecule has 746 valence electrons. The van der Waals surface area contributed by atoms with Gasteiger partial charge in [0.1, 0.15) is 35.2 Å². The third-order valence-electron chi connectivity index (χ3n) is 30.5. The number of pyridine rings is 10. The largest absolute Gasteiger partial charge is 0.261 e. The molecule has 1 fully saturated rings. The van der Waals surface area contributed by atoms with Crippen LogP contribution in [0.4, 0.5) is 0 Å². The Morgan fingerprint density at radius 3 is 0.851 bits per heavy atom. The molecule has 10 heterocycles. The summed E-state index contributed by atoms with van der Waals surface area (Å²) >= 11 is 0. The summed E-state index contributed by atoms with van der Waals surface area (Å²) in [5.74, 6) is 1.78. The van der Waals surface area contributed by atoms with Gasteiger partial charge in [0.25, 0.3) is 0 Å². The molecule has 0 saturated heterocycles. The molecule has 10 aromatic carbocycles. The average Bonchev–Trinajstić information content (AvgIpc) is 0.874. The van der Waals surface area contributed by atoms with Gasteiger partial charge in [0.2, 0.25) is 28.5 Å². The predicted molar refractivity (Wildman–Crippen MR) is 622 cm³/mol. The topological polar surface area (TPSA) is 83.8 Å². The van der Waals surface area contributed by atoms with Gasteiger partial charge in [-0.25, -0.2) is 22.8 Å². The minimum Gasteiger partial charge on any atom is -0.261 e. The quantitative estimate of drug-likeness (QED) is 0.0955. The molecule has 0 amide bonds. The molecular formula is C138H149N10+5. The van der Waals surface area contributed by atoms with Crippen molar-refractivity contribution < 1.29 is 22.8 Å². The highest BCUT2D eigenvalue weighted by molar-refractivity contribution is 6.02. The Morgan fingerprint density at radius 2 is 0.581 bits per heavy atom. The van der Waals surface area contributed by atoms with Gasteiger partial charge in [-0.3, -0.25) is 24.9 Å². The maximum atomic E-state index is 4.91. The van der Waals surface area contributed by atoms with Gasteiger partial charge in [-0.2, -0.15) is 0 Å². The van der Waals surface area contributed by atoms with E-state index in [1.54, 1.807) is 0 Å². The summed E-state index contributed by atoms with van der Waals surface area (Å²) in [6.07, 6.45) is 28.8. The fourth-order valence-electron chi connectivity index (χ4n) is 22.0. The zero-order chi connectivity index (χ0) is 105. The van der Waals surface area contributed by atoms with Crippen molar-refractivity contribution in [2.45, 2.75) is 210 Å². The van der Waals surface area contributed by atoms with E-state index in [1.807, 2.05) is 31.7 Å². The Kier molecular flexibility index (Phi) is 31.3. The van der Waals surface area contributed by atoms with Crippen LogP contribution in [-0.4, -0.2) is 24.9 Å². The Labute approximate surface area is 880 Å². The molecule has 148 heavy (non-hydrogen) atoms. The number of hydrogen-bond acceptors (Lipinski definition) is 5. The summed E-state index contributed by atoms with van der Waals surface area (Å²) in [5, 5.41) is 12.4. The van der Waals surface area contributed by atoms with Crippen LogP contribution in [0.1, 0.15) is 198 Å². The number of aromatic nitrogens is 10. The maximum Gasteiger partial charge on any atom is 0.213 e. The van der Waals surface area contributed by atoms with Gasteiger partial charge in [0.15, 0.2) is 31.0 Å². The summed E-state index contributed by atoms with van der Waals surface area (Å²) in [4.78, 5) is 23.8. The Morgan fingerprint density at radius 1 is 0.284 bits per heavy atom. The van der Waals surface area contributed by atoms with Crippen LogP contribution in [0, 0.1) is 122 Å². The van der Waals surface area contributed by atoms with E-state index < -0.39 is 0 Å². The van der Waals surface area contributed by atoms with Crippen LogP contribution in [0.2, 0.25) is 0 Å². The van der Waals surface area contributed by atoms with Gasteiger partial charge in [-0.1, -0.05) is 210 Å². The molecule has 10 aromatic heterocycles. The SMILES string of the molecule is Cc1cc(C)c(C)c(-c2cc3c(-c4ccc(C(C)C)nc4)cccc3c[n+]2C)c1.Cc1cc(C)c(C)c(-c2cc3c(-c4ccc(C)nc4)cccc3c[n+]2C)c1.Cc1cc(C)c(C)c(-c2cc3c(-c4ccc(C5CCCC5)cn4)cccc3c[n+]2C)c1.Cc1cc(C)c(C)c(-c2cc3c(-c4ccc(CC(C)(C)C)cn4)cccc3c[n+]2C)c1.Cc1cc(C)c(C)c(-c2cc3c(-c4ccc(CC(C)C)cn4)cccc3c[n+]2C)c1. The standard InChI is InChI=1S/C29H31N2.C29H33N2.C28H31N2.C27H29N2.C25H25N2/c1-19-14-20(2)21(3)26(15-19)29-16-27-24(18-31(29)4)10-7-11-25(27)28-13-12-23(17-30-28)22-8-5-6-9-22;1-19-13-20(2)21(3)25(14-19)28-15-26-23(18-31(28)7)9-8-10-24(26)27-12-11-22(17-30-27)16-29(4,5)6;1-18(2)12-22-10-11-27(29-16-22)24-9-7-8-23-17-30(6)28(15-26(23)24)25-14-19(3)13-20(4)21(25)5;1-17(2)26-11-10-21(15-28-26)23-9-7-8-22-16-29(6)27(14-25(22)23)24-13-18(3)12-19(4)20(24)5;1-16-11-17(2)19(4)23(12-16)25-13-24-21(15-27(25)5)7-6-8-22(24)20-10-9-18(3)26-14-20/h7,10-18,22H,5-6,8-9H2,1-4H3;8-15,17-18H,16H2,1-7H3;7-11,13-18H,12H2,1-6H3;7-17H,1-6H3;6-15H,1-5H3/q5*+1. The van der Waals surface area contributed by atoms with Crippen molar-refractivity contribution in [3.05, 3.63) is 416 Å². The van der Waals surface area contributed by atoms with Crippen molar-refractivity contribution in [3.8, 4) is 112 Å². The second kappa shape index (κ2) is 44.4. The number of nitrogens with zero attached hydrogens (tertiary/aromatic N) is 10. The van der Waals surface area contributed by atoms with Crippen molar-refractivity contribution in [3.63, 3.8) is 0 Å². The maximum absolute atomic E-state index is 4.91. The molecule has 1 aliphatic carbocycles. The molecule has 10 nitrogen and oxygen atoms in total. The Hall–Kier alpha value is -15.0. The molecule has 10 heteroatoms. The molecule has 0 spiro atoms. The molecule has 1 aliphatic rings. The van der Waals surface area contributed by atoms with Gasteiger partial charge < -0.3 is 0 Å². The van der Waals surface area contributed by atoms with Crippen LogP contribution in [-0.2, 0) is 48.1 Å². The highest BCUT2D eigenvalue weighted by Gasteiger charge is 2.28. The Bertz CT molecular complexity index is 8380. The molecule has 0 unspecified atom stereocenters. The lowest BCUT2D eigenvalue weighted by Gasteiger charge is -2.18. The van der Waals surface area contributed by atoms with E-state index in [9.17, 15) is 0 Å². The summed E-state index contributed by atoms with van der Waals surface area (Å²) in [5.41, 5.74) is 50.4. The lowest BCUT2D eigenvalue weighted by molar-refractivity contribution is -0.659. The van der Waals surface area contributed by atoms with Crippen molar-refractivity contribution in [2.75, 3.05) is 0 Å². The smallest absolute Gasteiger partial charge is 0.213 e. The first-order valence-electron chi connectivity index (χ1n) is 53.0. The average molecular weight is 1950 g/mol. The number of fused-ring (bicyclic) bond motifs is 5. The van der Waals surface area contributed by atoms with Gasteiger partial charge in [-0.15, -0.1) is 0 Å². The van der Waals surface area contributed by atoms with Crippen molar-refractivity contribution >= 4 is 53.9 Å². The minimum atomic E-state index is 0.260. The van der Waals surface area contributed by atoms with E-state index in [-0.39, 0.29) is 5.41 Å². The second-order valence-corrected chi connectivity index (χ2v) is 44.4. The molecule has 1 saturated carbocycles. The number of hydrogen-bond donors (Lipinski definition) is 0. The lowest BCUT2D eigenvalue weighted by atomic mass is 9.88. The summed E-state index contributed by atoms with van der Waals surface area (Å²) < 4.78 is 11.2. The number of benzene rings is 10. The summed E-state index contributed by atoms with van der Waals surface area (Å²) in [7, 11) is 10.7. The van der Waals surface area contributed by atoms with Gasteiger partial charge in [0, 0.05) is 182 Å². The monoisotopic (exact) mass is 1950 g/mol. The van der Waals surface area contributed by atoms with Gasteiger partial charge in [0.05, 0.1) is 17.1 Å². The third kappa shape index (κ3) is 23.2. The molecule has 0 aliphatic heterocycles. The van der Waals surface area contributed by atoms with E-state index in [1.165, 1.54) is 264 Å². The predicted octanol–water partition coefficient (Wildman–Crippen LogP) is 32.5. The van der Waals surface area contributed by atoms with Gasteiger partial charge >= 0.3 is 0 Å². The first-order valence-corrected chi connectivity index (χ1v) is 53.0. The molecular weight excluding hydrogens is 1800 g/mol. The molecule has 21 rings (SSSR count). The van der Waals surface area contributed by atoms with Crippen molar-refractivity contribution in [1.29, 1.82) is 0 Å². The molecule has 0 N–H and O–H groups in total. The van der Waals surface area contributed by atoms with Crippen LogP contribution in [0.25, 0.3) is 166 Å². The highest BCUT2D eigenvalue weighted by atomic mass is 14.9.